The molecule has 1 saturated heterocycles. The number of hydrogen-bond acceptors (Lipinski definition) is 10. The predicted octanol–water partition coefficient (Wildman–Crippen LogP) is 4.55. The largest absolute Gasteiger partial charge is 0.491 e. The SMILES string of the molecule is CCOC(=O)C1C(C(F)(F)F)=NC(C)=C(C(=O)OCCOc2ccc(OCC3CO3)cc2)C1c1cccc([N+](=O)[O-])c1. The molecular weight excluding hydrogens is 565 g/mol. The van der Waals surface area contributed by atoms with Gasteiger partial charge < -0.3 is 23.7 Å². The van der Waals surface area contributed by atoms with Crippen LogP contribution in [0, 0.1) is 16.0 Å². The van der Waals surface area contributed by atoms with E-state index in [9.17, 15) is 32.9 Å². The monoisotopic (exact) mass is 592 g/mol. The van der Waals surface area contributed by atoms with E-state index >= 15 is 0 Å². The van der Waals surface area contributed by atoms with Crippen LogP contribution in [0.2, 0.25) is 0 Å². The summed E-state index contributed by atoms with van der Waals surface area (Å²) in [5.74, 6) is -5.01. The number of aliphatic imine (C=N–C) groups is 1. The quantitative estimate of drug-likeness (QED) is 0.114. The molecule has 1 fully saturated rings. The number of esters is 2. The van der Waals surface area contributed by atoms with Gasteiger partial charge in [-0.15, -0.1) is 0 Å². The molecule has 0 amide bonds. The lowest BCUT2D eigenvalue weighted by Gasteiger charge is -2.33. The summed E-state index contributed by atoms with van der Waals surface area (Å²) in [7, 11) is 0. The molecule has 42 heavy (non-hydrogen) atoms. The first kappa shape index (κ1) is 30.5. The summed E-state index contributed by atoms with van der Waals surface area (Å²) in [6.45, 7) is 3.04. The van der Waals surface area contributed by atoms with Crippen molar-refractivity contribution in [2.45, 2.75) is 32.0 Å². The van der Waals surface area contributed by atoms with Gasteiger partial charge in [-0.1, -0.05) is 12.1 Å². The summed E-state index contributed by atoms with van der Waals surface area (Å²) in [5.41, 5.74) is -2.72. The number of rotatable bonds is 12. The van der Waals surface area contributed by atoms with Crippen LogP contribution in [0.3, 0.4) is 0 Å². The van der Waals surface area contributed by atoms with Crippen LogP contribution in [0.1, 0.15) is 25.3 Å². The number of hydrogen-bond donors (Lipinski definition) is 0. The normalized spacial score (nSPS) is 19.9. The third-order valence-corrected chi connectivity index (χ3v) is 6.36. The summed E-state index contributed by atoms with van der Waals surface area (Å²) in [4.78, 5) is 40.4. The van der Waals surface area contributed by atoms with Gasteiger partial charge in [-0.25, -0.2) is 4.79 Å². The Morgan fingerprint density at radius 1 is 1.07 bits per heavy atom. The van der Waals surface area contributed by atoms with E-state index in [2.05, 4.69) is 4.99 Å². The lowest BCUT2D eigenvalue weighted by atomic mass is 9.75. The minimum absolute atomic E-state index is 0.0861. The molecule has 0 aliphatic carbocycles. The highest BCUT2D eigenvalue weighted by atomic mass is 19.4. The first-order valence-corrected chi connectivity index (χ1v) is 12.9. The molecule has 224 valence electrons. The topological polar surface area (TPSA) is 139 Å². The van der Waals surface area contributed by atoms with E-state index in [-0.39, 0.29) is 42.8 Å². The highest BCUT2D eigenvalue weighted by Gasteiger charge is 2.53. The van der Waals surface area contributed by atoms with Crippen molar-refractivity contribution < 1.29 is 51.4 Å². The molecule has 14 heteroatoms. The number of ether oxygens (including phenoxy) is 5. The average Bonchev–Trinajstić information content (AvgIpc) is 3.78. The van der Waals surface area contributed by atoms with Gasteiger partial charge in [0, 0.05) is 23.7 Å². The summed E-state index contributed by atoms with van der Waals surface area (Å²) >= 11 is 0. The Labute approximate surface area is 238 Å². The van der Waals surface area contributed by atoms with Crippen LogP contribution in [-0.4, -0.2) is 67.9 Å². The smallest absolute Gasteiger partial charge is 0.430 e. The Balaban J connectivity index is 1.55. The number of carbonyl (C=O) groups is 2. The standard InChI is InChI=1S/C28H27F3N2O9/c1-3-38-27(35)24-23(17-5-4-6-18(13-17)33(36)37)22(16(2)32-25(24)28(29,30)31)26(34)40-12-11-39-19-7-9-20(10-8-19)41-14-21-15-42-21/h4-10,13,21,23-24H,3,11-12,14-15H2,1-2H3. The maximum Gasteiger partial charge on any atom is 0.430 e. The Morgan fingerprint density at radius 2 is 1.74 bits per heavy atom. The number of carbonyl (C=O) groups excluding carboxylic acids is 2. The van der Waals surface area contributed by atoms with Crippen LogP contribution >= 0.6 is 0 Å². The molecule has 2 aromatic rings. The Hall–Kier alpha value is -4.46. The van der Waals surface area contributed by atoms with Gasteiger partial charge in [0.2, 0.25) is 0 Å². The van der Waals surface area contributed by atoms with Gasteiger partial charge in [-0.3, -0.25) is 19.9 Å². The van der Waals surface area contributed by atoms with Crippen LogP contribution in [-0.2, 0) is 23.8 Å². The molecule has 0 saturated carbocycles. The number of nitrogens with zero attached hydrogens (tertiary/aromatic N) is 2. The van der Waals surface area contributed by atoms with Gasteiger partial charge in [0.1, 0.15) is 49.1 Å². The summed E-state index contributed by atoms with van der Waals surface area (Å²) in [6.07, 6.45) is -4.96. The zero-order valence-electron chi connectivity index (χ0n) is 22.6. The second-order valence-corrected chi connectivity index (χ2v) is 9.28. The van der Waals surface area contributed by atoms with E-state index in [1.165, 1.54) is 26.0 Å². The molecule has 0 N–H and O–H groups in total. The predicted molar refractivity (Wildman–Crippen MR) is 140 cm³/mol. The second kappa shape index (κ2) is 13.0. The number of benzene rings is 2. The Bertz CT molecular complexity index is 1390. The third-order valence-electron chi connectivity index (χ3n) is 6.36. The number of halogens is 3. The van der Waals surface area contributed by atoms with Crippen LogP contribution in [0.5, 0.6) is 11.5 Å². The van der Waals surface area contributed by atoms with E-state index in [1.54, 1.807) is 24.3 Å². The van der Waals surface area contributed by atoms with E-state index in [4.69, 9.17) is 23.7 Å². The van der Waals surface area contributed by atoms with Crippen molar-refractivity contribution in [3.63, 3.8) is 0 Å². The molecule has 4 rings (SSSR count). The lowest BCUT2D eigenvalue weighted by Crippen LogP contribution is -2.44. The Morgan fingerprint density at radius 3 is 2.33 bits per heavy atom. The number of nitro groups is 1. The van der Waals surface area contributed by atoms with Crippen molar-refractivity contribution in [3.8, 4) is 11.5 Å². The van der Waals surface area contributed by atoms with Crippen molar-refractivity contribution in [2.75, 3.05) is 33.0 Å². The van der Waals surface area contributed by atoms with Crippen molar-refractivity contribution in [1.82, 2.24) is 0 Å². The van der Waals surface area contributed by atoms with E-state index < -0.39 is 46.3 Å². The Kier molecular flexibility index (Phi) is 9.45. The maximum atomic E-state index is 14.1. The number of nitro benzene ring substituents is 1. The van der Waals surface area contributed by atoms with Crippen LogP contribution < -0.4 is 9.47 Å². The third kappa shape index (κ3) is 7.43. The molecule has 0 bridgehead atoms. The molecule has 3 atom stereocenters. The molecule has 3 unspecified atom stereocenters. The van der Waals surface area contributed by atoms with E-state index in [0.717, 1.165) is 12.1 Å². The van der Waals surface area contributed by atoms with E-state index in [0.29, 0.717) is 24.7 Å². The van der Waals surface area contributed by atoms with Crippen molar-refractivity contribution in [2.24, 2.45) is 10.9 Å². The first-order valence-electron chi connectivity index (χ1n) is 12.9. The fourth-order valence-corrected chi connectivity index (χ4v) is 4.40. The number of allylic oxidation sites excluding steroid dienone is 1. The van der Waals surface area contributed by atoms with Gasteiger partial charge in [-0.05, 0) is 43.7 Å². The molecule has 2 aliphatic rings. The fourth-order valence-electron chi connectivity index (χ4n) is 4.40. The van der Waals surface area contributed by atoms with Gasteiger partial charge >= 0.3 is 18.1 Å². The number of epoxide rings is 1. The summed E-state index contributed by atoms with van der Waals surface area (Å²) in [5, 5.41) is 11.4. The molecular formula is C28H27F3N2O9. The number of non-ortho nitro benzene ring substituents is 1. The minimum Gasteiger partial charge on any atom is -0.491 e. The molecule has 0 aromatic heterocycles. The van der Waals surface area contributed by atoms with Crippen molar-refractivity contribution >= 4 is 23.3 Å². The molecule has 0 spiro atoms. The van der Waals surface area contributed by atoms with Crippen LogP contribution in [0.4, 0.5) is 18.9 Å². The molecule has 2 heterocycles. The minimum atomic E-state index is -5.06. The average molecular weight is 593 g/mol. The van der Waals surface area contributed by atoms with Crippen LogP contribution in [0.25, 0.3) is 0 Å². The summed E-state index contributed by atoms with van der Waals surface area (Å²) < 4.78 is 68.7. The first-order chi connectivity index (χ1) is 20.0. The molecule has 2 aliphatic heterocycles. The van der Waals surface area contributed by atoms with E-state index in [1.807, 2.05) is 0 Å². The molecule has 0 radical (unpaired) electrons. The molecule has 11 nitrogen and oxygen atoms in total. The van der Waals surface area contributed by atoms with Crippen LogP contribution in [0.15, 0.2) is 64.8 Å². The van der Waals surface area contributed by atoms with Gasteiger partial charge in [-0.2, -0.15) is 13.2 Å². The zero-order chi connectivity index (χ0) is 30.4. The van der Waals surface area contributed by atoms with Gasteiger partial charge in [0.05, 0.1) is 23.7 Å². The van der Waals surface area contributed by atoms with Crippen molar-refractivity contribution in [3.05, 3.63) is 75.5 Å². The van der Waals surface area contributed by atoms with Gasteiger partial charge in [0.15, 0.2) is 0 Å². The van der Waals surface area contributed by atoms with Crippen molar-refractivity contribution in [1.29, 1.82) is 0 Å². The summed E-state index contributed by atoms with van der Waals surface area (Å²) in [6, 6.07) is 11.4. The molecule has 2 aromatic carbocycles. The fraction of sp³-hybridized carbons (Fsp3) is 0.393. The van der Waals surface area contributed by atoms with Gasteiger partial charge in [0.25, 0.3) is 5.69 Å². The zero-order valence-corrected chi connectivity index (χ0v) is 22.6. The number of alkyl halides is 3. The lowest BCUT2D eigenvalue weighted by molar-refractivity contribution is -0.384. The highest BCUT2D eigenvalue weighted by molar-refractivity contribution is 6.10. The maximum absolute atomic E-state index is 14.1. The highest BCUT2D eigenvalue weighted by Crippen LogP contribution is 2.44. The second-order valence-electron chi connectivity index (χ2n) is 9.28.